The summed E-state index contributed by atoms with van der Waals surface area (Å²) in [6, 6.07) is -0.417. The van der Waals surface area contributed by atoms with Crippen LogP contribution < -0.4 is 11.5 Å². The quantitative estimate of drug-likeness (QED) is 0.485. The largest absolute Gasteiger partial charge is 0.480 e. The zero-order chi connectivity index (χ0) is 13.9. The zero-order valence-electron chi connectivity index (χ0n) is 10.6. The molecule has 0 bridgehead atoms. The summed E-state index contributed by atoms with van der Waals surface area (Å²) in [7, 11) is 0. The van der Waals surface area contributed by atoms with Crippen molar-refractivity contribution in [1.82, 2.24) is 0 Å². The molecule has 1 rings (SSSR count). The highest BCUT2D eigenvalue weighted by Gasteiger charge is 2.61. The summed E-state index contributed by atoms with van der Waals surface area (Å²) in [5.74, 6) is -2.82. The van der Waals surface area contributed by atoms with E-state index in [4.69, 9.17) is 21.7 Å². The van der Waals surface area contributed by atoms with Crippen LogP contribution in [0, 0.1) is 17.3 Å². The number of carbonyl (C=O) groups is 2. The van der Waals surface area contributed by atoms with Gasteiger partial charge in [-0.05, 0) is 31.7 Å². The Kier molecular flexibility index (Phi) is 4.70. The van der Waals surface area contributed by atoms with Gasteiger partial charge in [0.1, 0.15) is 0 Å². The average Bonchev–Trinajstić information content (AvgIpc) is 2.23. The van der Waals surface area contributed by atoms with Gasteiger partial charge in [-0.3, -0.25) is 9.59 Å². The Labute approximate surface area is 106 Å². The lowest BCUT2D eigenvalue weighted by molar-refractivity contribution is -0.180. The van der Waals surface area contributed by atoms with Gasteiger partial charge in [0.2, 0.25) is 0 Å². The molecule has 0 heterocycles. The molecule has 6 N–H and O–H groups in total. The summed E-state index contributed by atoms with van der Waals surface area (Å²) < 4.78 is 0. The SMILES string of the molecule is CCC(CN)CC(N)C1CCC1(C(=O)O)C(=O)O. The van der Waals surface area contributed by atoms with Crippen LogP contribution in [0.25, 0.3) is 0 Å². The summed E-state index contributed by atoms with van der Waals surface area (Å²) >= 11 is 0. The van der Waals surface area contributed by atoms with E-state index in [1.54, 1.807) is 0 Å². The molecule has 6 heteroatoms. The van der Waals surface area contributed by atoms with E-state index in [1.807, 2.05) is 6.92 Å². The van der Waals surface area contributed by atoms with Crippen molar-refractivity contribution in [2.45, 2.75) is 38.6 Å². The molecule has 1 fully saturated rings. The van der Waals surface area contributed by atoms with Gasteiger partial charge in [-0.2, -0.15) is 0 Å². The third-order valence-electron chi connectivity index (χ3n) is 4.28. The first kappa shape index (κ1) is 14.9. The topological polar surface area (TPSA) is 127 Å². The highest BCUT2D eigenvalue weighted by Crippen LogP contribution is 2.49. The molecule has 0 radical (unpaired) electrons. The van der Waals surface area contributed by atoms with E-state index < -0.39 is 29.3 Å². The predicted molar refractivity (Wildman–Crippen MR) is 65.9 cm³/mol. The molecule has 3 atom stereocenters. The number of rotatable bonds is 7. The van der Waals surface area contributed by atoms with Gasteiger partial charge in [0, 0.05) is 12.0 Å². The van der Waals surface area contributed by atoms with Crippen molar-refractivity contribution in [3.8, 4) is 0 Å². The minimum Gasteiger partial charge on any atom is -0.480 e. The first-order valence-electron chi connectivity index (χ1n) is 6.32. The fourth-order valence-corrected chi connectivity index (χ4v) is 2.78. The zero-order valence-corrected chi connectivity index (χ0v) is 10.6. The first-order chi connectivity index (χ1) is 8.40. The molecule has 0 aromatic rings. The van der Waals surface area contributed by atoms with Gasteiger partial charge in [-0.15, -0.1) is 0 Å². The number of aliphatic carboxylic acids is 2. The molecule has 104 valence electrons. The van der Waals surface area contributed by atoms with Crippen LogP contribution in [0.5, 0.6) is 0 Å². The highest BCUT2D eigenvalue weighted by molar-refractivity contribution is 5.99. The normalized spacial score (nSPS) is 24.9. The molecule has 1 aliphatic carbocycles. The Hall–Kier alpha value is -1.14. The number of carboxylic acid groups (broad SMARTS) is 2. The third-order valence-corrected chi connectivity index (χ3v) is 4.28. The van der Waals surface area contributed by atoms with Crippen molar-refractivity contribution < 1.29 is 19.8 Å². The van der Waals surface area contributed by atoms with Crippen LogP contribution >= 0.6 is 0 Å². The van der Waals surface area contributed by atoms with E-state index in [2.05, 4.69) is 0 Å². The van der Waals surface area contributed by atoms with Gasteiger partial charge in [0.25, 0.3) is 0 Å². The summed E-state index contributed by atoms with van der Waals surface area (Å²) in [6.07, 6.45) is 2.17. The Bertz CT molecular complexity index is 314. The Morgan fingerprint density at radius 1 is 1.39 bits per heavy atom. The number of carboxylic acids is 2. The monoisotopic (exact) mass is 258 g/mol. The molecule has 0 aromatic carbocycles. The average molecular weight is 258 g/mol. The van der Waals surface area contributed by atoms with E-state index in [1.165, 1.54) is 0 Å². The van der Waals surface area contributed by atoms with Crippen molar-refractivity contribution in [3.63, 3.8) is 0 Å². The fraction of sp³-hybridized carbons (Fsp3) is 0.833. The molecule has 0 aromatic heterocycles. The van der Waals surface area contributed by atoms with Gasteiger partial charge in [0.15, 0.2) is 5.41 Å². The molecular formula is C12H22N2O4. The lowest BCUT2D eigenvalue weighted by Gasteiger charge is -2.46. The van der Waals surface area contributed by atoms with E-state index in [-0.39, 0.29) is 12.3 Å². The molecule has 1 saturated carbocycles. The molecule has 18 heavy (non-hydrogen) atoms. The van der Waals surface area contributed by atoms with Crippen LogP contribution in [0.4, 0.5) is 0 Å². The molecule has 0 amide bonds. The van der Waals surface area contributed by atoms with Crippen molar-refractivity contribution >= 4 is 11.9 Å². The molecule has 3 unspecified atom stereocenters. The summed E-state index contributed by atoms with van der Waals surface area (Å²) in [5.41, 5.74) is 9.90. The van der Waals surface area contributed by atoms with Crippen LogP contribution in [0.1, 0.15) is 32.6 Å². The molecular weight excluding hydrogens is 236 g/mol. The third kappa shape index (κ3) is 2.35. The lowest BCUT2D eigenvalue weighted by atomic mass is 9.56. The van der Waals surface area contributed by atoms with Gasteiger partial charge in [-0.25, -0.2) is 0 Å². The standard InChI is InChI=1S/C12H22N2O4/c1-2-7(6-13)5-9(14)8-3-4-12(8,10(15)16)11(17)18/h7-9H,2-6,13-14H2,1H3,(H,15,16)(H,17,18). The minimum atomic E-state index is -1.69. The molecule has 1 aliphatic rings. The summed E-state index contributed by atoms with van der Waals surface area (Å²) in [5, 5.41) is 18.3. The molecule has 0 spiro atoms. The molecule has 6 nitrogen and oxygen atoms in total. The van der Waals surface area contributed by atoms with Crippen LogP contribution in [0.2, 0.25) is 0 Å². The van der Waals surface area contributed by atoms with Crippen molar-refractivity contribution in [1.29, 1.82) is 0 Å². The van der Waals surface area contributed by atoms with Crippen molar-refractivity contribution in [2.24, 2.45) is 28.7 Å². The van der Waals surface area contributed by atoms with Gasteiger partial charge < -0.3 is 21.7 Å². The number of nitrogens with two attached hydrogens (primary N) is 2. The highest BCUT2D eigenvalue weighted by atomic mass is 16.4. The second-order valence-electron chi connectivity index (χ2n) is 5.14. The molecule has 0 saturated heterocycles. The van der Waals surface area contributed by atoms with E-state index in [9.17, 15) is 9.59 Å². The summed E-state index contributed by atoms with van der Waals surface area (Å²) in [6.45, 7) is 2.48. The maximum atomic E-state index is 11.2. The van der Waals surface area contributed by atoms with Crippen LogP contribution in [-0.2, 0) is 9.59 Å². The van der Waals surface area contributed by atoms with E-state index in [0.717, 1.165) is 6.42 Å². The van der Waals surface area contributed by atoms with Crippen molar-refractivity contribution in [3.05, 3.63) is 0 Å². The van der Waals surface area contributed by atoms with Crippen LogP contribution in [-0.4, -0.2) is 34.7 Å². The number of hydrogen-bond donors (Lipinski definition) is 4. The Morgan fingerprint density at radius 2 is 1.94 bits per heavy atom. The van der Waals surface area contributed by atoms with Gasteiger partial charge in [0.05, 0.1) is 0 Å². The smallest absolute Gasteiger partial charge is 0.321 e. The first-order valence-corrected chi connectivity index (χ1v) is 6.32. The Morgan fingerprint density at radius 3 is 2.22 bits per heavy atom. The van der Waals surface area contributed by atoms with Crippen molar-refractivity contribution in [2.75, 3.05) is 6.54 Å². The minimum absolute atomic E-state index is 0.162. The van der Waals surface area contributed by atoms with Gasteiger partial charge in [-0.1, -0.05) is 13.3 Å². The lowest BCUT2D eigenvalue weighted by Crippen LogP contribution is -2.59. The maximum Gasteiger partial charge on any atom is 0.321 e. The second-order valence-corrected chi connectivity index (χ2v) is 5.14. The predicted octanol–water partition coefficient (Wildman–Crippen LogP) is 0.254. The Balaban J connectivity index is 2.77. The molecule has 0 aliphatic heterocycles. The van der Waals surface area contributed by atoms with Crippen LogP contribution in [0.3, 0.4) is 0 Å². The van der Waals surface area contributed by atoms with Crippen LogP contribution in [0.15, 0.2) is 0 Å². The maximum absolute atomic E-state index is 11.2. The second kappa shape index (κ2) is 5.67. The fourth-order valence-electron chi connectivity index (χ4n) is 2.78. The van der Waals surface area contributed by atoms with E-state index >= 15 is 0 Å². The number of hydrogen-bond acceptors (Lipinski definition) is 4. The van der Waals surface area contributed by atoms with E-state index in [0.29, 0.717) is 19.4 Å². The summed E-state index contributed by atoms with van der Waals surface area (Å²) in [4.78, 5) is 22.4. The van der Waals surface area contributed by atoms with Gasteiger partial charge >= 0.3 is 11.9 Å².